The summed E-state index contributed by atoms with van der Waals surface area (Å²) in [6.07, 6.45) is 4.16. The predicted octanol–water partition coefficient (Wildman–Crippen LogP) is 2.76. The molecule has 0 fully saturated rings. The molecule has 20 heavy (non-hydrogen) atoms. The zero-order valence-corrected chi connectivity index (χ0v) is 11.1. The molecule has 2 aromatic heterocycles. The number of rotatable bonds is 4. The van der Waals surface area contributed by atoms with Crippen molar-refractivity contribution in [3.63, 3.8) is 0 Å². The van der Waals surface area contributed by atoms with Crippen molar-refractivity contribution in [2.24, 2.45) is 0 Å². The molecule has 1 N–H and O–H groups in total. The summed E-state index contributed by atoms with van der Waals surface area (Å²) in [5.41, 5.74) is 2.92. The van der Waals surface area contributed by atoms with Gasteiger partial charge in [0.1, 0.15) is 0 Å². The first-order valence-corrected chi connectivity index (χ1v) is 6.35. The second kappa shape index (κ2) is 5.52. The van der Waals surface area contributed by atoms with E-state index in [1.807, 2.05) is 43.4 Å². The second-order valence-corrected chi connectivity index (χ2v) is 4.35. The van der Waals surface area contributed by atoms with Gasteiger partial charge < -0.3 is 9.84 Å². The minimum absolute atomic E-state index is 0.522. The normalized spacial score (nSPS) is 10.4. The lowest BCUT2D eigenvalue weighted by Gasteiger charge is -2.03. The molecule has 0 spiro atoms. The summed E-state index contributed by atoms with van der Waals surface area (Å²) in [5, 5.41) is 7.14. The van der Waals surface area contributed by atoms with Gasteiger partial charge in [0.2, 0.25) is 0 Å². The SMILES string of the molecule is CNc1ccccc1-c1nc(Cc2cccnc2)no1. The number of aromatic nitrogens is 3. The largest absolute Gasteiger partial charge is 0.387 e. The molecule has 0 atom stereocenters. The molecule has 0 radical (unpaired) electrons. The molecule has 0 aliphatic rings. The molecule has 5 heteroatoms. The van der Waals surface area contributed by atoms with Gasteiger partial charge in [-0.2, -0.15) is 4.98 Å². The lowest BCUT2D eigenvalue weighted by molar-refractivity contribution is 0.424. The minimum atomic E-state index is 0.522. The molecule has 0 saturated heterocycles. The van der Waals surface area contributed by atoms with E-state index >= 15 is 0 Å². The number of anilines is 1. The zero-order chi connectivity index (χ0) is 13.8. The number of nitrogens with one attached hydrogen (secondary N) is 1. The van der Waals surface area contributed by atoms with Crippen LogP contribution in [0.1, 0.15) is 11.4 Å². The Bertz CT molecular complexity index is 694. The van der Waals surface area contributed by atoms with Crippen LogP contribution in [0.4, 0.5) is 5.69 Å². The standard InChI is InChI=1S/C15H14N4O/c1-16-13-7-3-2-6-12(13)15-18-14(19-20-15)9-11-5-4-8-17-10-11/h2-8,10,16H,9H2,1H3. The topological polar surface area (TPSA) is 63.8 Å². The zero-order valence-electron chi connectivity index (χ0n) is 11.1. The highest BCUT2D eigenvalue weighted by molar-refractivity contribution is 5.72. The van der Waals surface area contributed by atoms with Gasteiger partial charge in [-0.15, -0.1) is 0 Å². The van der Waals surface area contributed by atoms with Crippen molar-refractivity contribution in [3.8, 4) is 11.5 Å². The van der Waals surface area contributed by atoms with Crippen LogP contribution in [-0.2, 0) is 6.42 Å². The van der Waals surface area contributed by atoms with E-state index in [0.29, 0.717) is 18.1 Å². The average molecular weight is 266 g/mol. The van der Waals surface area contributed by atoms with Crippen LogP contribution < -0.4 is 5.32 Å². The molecule has 100 valence electrons. The van der Waals surface area contributed by atoms with E-state index in [2.05, 4.69) is 20.4 Å². The minimum Gasteiger partial charge on any atom is -0.387 e. The van der Waals surface area contributed by atoms with Crippen LogP contribution >= 0.6 is 0 Å². The summed E-state index contributed by atoms with van der Waals surface area (Å²) < 4.78 is 5.34. The monoisotopic (exact) mass is 266 g/mol. The predicted molar refractivity (Wildman–Crippen MR) is 76.3 cm³/mol. The summed E-state index contributed by atoms with van der Waals surface area (Å²) in [6, 6.07) is 11.7. The van der Waals surface area contributed by atoms with Crippen LogP contribution in [0, 0.1) is 0 Å². The molecule has 0 saturated carbocycles. The highest BCUT2D eigenvalue weighted by Gasteiger charge is 2.12. The molecule has 3 rings (SSSR count). The number of hydrogen-bond donors (Lipinski definition) is 1. The van der Waals surface area contributed by atoms with E-state index in [-0.39, 0.29) is 0 Å². The summed E-state index contributed by atoms with van der Waals surface area (Å²) in [5.74, 6) is 1.17. The molecular weight excluding hydrogens is 252 g/mol. The van der Waals surface area contributed by atoms with Gasteiger partial charge in [0.05, 0.1) is 5.56 Å². The Morgan fingerprint density at radius 1 is 1.15 bits per heavy atom. The van der Waals surface area contributed by atoms with Crippen LogP contribution in [0.15, 0.2) is 53.3 Å². The third-order valence-corrected chi connectivity index (χ3v) is 2.98. The Balaban J connectivity index is 1.87. The second-order valence-electron chi connectivity index (χ2n) is 4.35. The van der Waals surface area contributed by atoms with Crippen molar-refractivity contribution in [2.45, 2.75) is 6.42 Å². The summed E-state index contributed by atoms with van der Waals surface area (Å²) in [7, 11) is 1.87. The first kappa shape index (κ1) is 12.3. The fourth-order valence-corrected chi connectivity index (χ4v) is 2.01. The molecule has 5 nitrogen and oxygen atoms in total. The van der Waals surface area contributed by atoms with E-state index in [1.165, 1.54) is 0 Å². The van der Waals surface area contributed by atoms with Gasteiger partial charge in [-0.05, 0) is 23.8 Å². The molecule has 0 bridgehead atoms. The van der Waals surface area contributed by atoms with Crippen LogP contribution in [0.5, 0.6) is 0 Å². The lowest BCUT2D eigenvalue weighted by Crippen LogP contribution is -1.93. The van der Waals surface area contributed by atoms with Gasteiger partial charge in [0.25, 0.3) is 5.89 Å². The van der Waals surface area contributed by atoms with E-state index < -0.39 is 0 Å². The van der Waals surface area contributed by atoms with E-state index in [4.69, 9.17) is 4.52 Å². The van der Waals surface area contributed by atoms with Crippen LogP contribution in [0.25, 0.3) is 11.5 Å². The van der Waals surface area contributed by atoms with Gasteiger partial charge in [0, 0.05) is 31.5 Å². The fraction of sp³-hybridized carbons (Fsp3) is 0.133. The Kier molecular flexibility index (Phi) is 3.41. The van der Waals surface area contributed by atoms with Gasteiger partial charge in [-0.3, -0.25) is 4.98 Å². The molecule has 3 aromatic rings. The Hall–Kier alpha value is -2.69. The number of benzene rings is 1. The smallest absolute Gasteiger partial charge is 0.260 e. The van der Waals surface area contributed by atoms with Gasteiger partial charge in [-0.25, -0.2) is 0 Å². The van der Waals surface area contributed by atoms with Crippen LogP contribution in [-0.4, -0.2) is 22.2 Å². The number of hydrogen-bond acceptors (Lipinski definition) is 5. The van der Waals surface area contributed by atoms with Crippen LogP contribution in [0.2, 0.25) is 0 Å². The molecule has 0 aliphatic carbocycles. The number of para-hydroxylation sites is 1. The number of pyridine rings is 1. The molecule has 0 amide bonds. The van der Waals surface area contributed by atoms with E-state index in [9.17, 15) is 0 Å². The van der Waals surface area contributed by atoms with Crippen molar-refractivity contribution >= 4 is 5.69 Å². The summed E-state index contributed by atoms with van der Waals surface area (Å²) in [6.45, 7) is 0. The molecule has 0 aliphatic heterocycles. The molecule has 0 unspecified atom stereocenters. The van der Waals surface area contributed by atoms with Gasteiger partial charge in [-0.1, -0.05) is 23.4 Å². The van der Waals surface area contributed by atoms with Crippen molar-refractivity contribution in [1.82, 2.24) is 15.1 Å². The Morgan fingerprint density at radius 3 is 2.85 bits per heavy atom. The number of nitrogens with zero attached hydrogens (tertiary/aromatic N) is 3. The van der Waals surface area contributed by atoms with Gasteiger partial charge in [0.15, 0.2) is 5.82 Å². The third kappa shape index (κ3) is 2.51. The van der Waals surface area contributed by atoms with Gasteiger partial charge >= 0.3 is 0 Å². The molecule has 1 aromatic carbocycles. The maximum absolute atomic E-state index is 5.34. The van der Waals surface area contributed by atoms with Crippen molar-refractivity contribution < 1.29 is 4.52 Å². The summed E-state index contributed by atoms with van der Waals surface area (Å²) in [4.78, 5) is 8.52. The van der Waals surface area contributed by atoms with E-state index in [1.54, 1.807) is 12.4 Å². The van der Waals surface area contributed by atoms with Crippen LogP contribution in [0.3, 0.4) is 0 Å². The quantitative estimate of drug-likeness (QED) is 0.786. The van der Waals surface area contributed by atoms with Crippen molar-refractivity contribution in [2.75, 3.05) is 12.4 Å². The lowest BCUT2D eigenvalue weighted by atomic mass is 10.1. The van der Waals surface area contributed by atoms with Crippen molar-refractivity contribution in [3.05, 3.63) is 60.2 Å². The Morgan fingerprint density at radius 2 is 2.05 bits per heavy atom. The average Bonchev–Trinajstić information content (AvgIpc) is 2.96. The summed E-state index contributed by atoms with van der Waals surface area (Å²) >= 11 is 0. The Labute approximate surface area is 116 Å². The van der Waals surface area contributed by atoms with Crippen molar-refractivity contribution in [1.29, 1.82) is 0 Å². The molecule has 2 heterocycles. The fourth-order valence-electron chi connectivity index (χ4n) is 2.01. The van der Waals surface area contributed by atoms with E-state index in [0.717, 1.165) is 16.8 Å². The highest BCUT2D eigenvalue weighted by Crippen LogP contribution is 2.26. The maximum atomic E-state index is 5.34. The molecular formula is C15H14N4O. The third-order valence-electron chi connectivity index (χ3n) is 2.98. The maximum Gasteiger partial charge on any atom is 0.260 e. The highest BCUT2D eigenvalue weighted by atomic mass is 16.5. The first-order valence-electron chi connectivity index (χ1n) is 6.35. The first-order chi connectivity index (χ1) is 9.86.